The summed E-state index contributed by atoms with van der Waals surface area (Å²) in [6.45, 7) is 5.23. The van der Waals surface area contributed by atoms with Crippen LogP contribution in [0.15, 0.2) is 18.2 Å². The number of hydrogen-bond donors (Lipinski definition) is 2. The van der Waals surface area contributed by atoms with Crippen LogP contribution in [0.4, 0.5) is 16.5 Å². The summed E-state index contributed by atoms with van der Waals surface area (Å²) in [7, 11) is 0. The normalized spacial score (nSPS) is 13.9. The van der Waals surface area contributed by atoms with Crippen LogP contribution in [-0.2, 0) is 6.42 Å². The van der Waals surface area contributed by atoms with Crippen molar-refractivity contribution in [3.8, 4) is 0 Å². The van der Waals surface area contributed by atoms with Crippen molar-refractivity contribution in [3.05, 3.63) is 34.3 Å². The molecule has 3 nitrogen and oxygen atoms in total. The van der Waals surface area contributed by atoms with Crippen LogP contribution in [-0.4, -0.2) is 11.5 Å². The lowest BCUT2D eigenvalue weighted by Crippen LogP contribution is -2.11. The molecule has 0 radical (unpaired) electrons. The van der Waals surface area contributed by atoms with Crippen molar-refractivity contribution >= 4 is 27.8 Å². The van der Waals surface area contributed by atoms with Crippen LogP contribution in [0.5, 0.6) is 0 Å². The Bertz CT molecular complexity index is 555. The largest absolute Gasteiger partial charge is 0.385 e. The molecule has 2 heterocycles. The maximum absolute atomic E-state index is 4.50. The molecule has 0 unspecified atom stereocenters. The van der Waals surface area contributed by atoms with Gasteiger partial charge in [-0.15, -0.1) is 11.3 Å². The van der Waals surface area contributed by atoms with E-state index in [1.807, 2.05) is 6.92 Å². The smallest absolute Gasteiger partial charge is 0.187 e. The predicted molar refractivity (Wildman–Crippen MR) is 78.1 cm³/mol. The molecule has 0 spiro atoms. The number of nitrogens with one attached hydrogen (secondary N) is 2. The summed E-state index contributed by atoms with van der Waals surface area (Å²) >= 11 is 1.70. The number of aryl methyl sites for hydroxylation is 3. The monoisotopic (exact) mass is 259 g/mol. The molecule has 1 aliphatic rings. The van der Waals surface area contributed by atoms with E-state index >= 15 is 0 Å². The number of nitrogens with zero attached hydrogens (tertiary/aromatic N) is 1. The van der Waals surface area contributed by atoms with Gasteiger partial charge in [0, 0.05) is 22.8 Å². The molecule has 0 fully saturated rings. The molecule has 0 saturated carbocycles. The van der Waals surface area contributed by atoms with Crippen LogP contribution < -0.4 is 10.6 Å². The molecule has 2 N–H and O–H groups in total. The minimum absolute atomic E-state index is 0.973. The molecule has 0 aliphatic carbocycles. The Kier molecular flexibility index (Phi) is 2.96. The molecule has 4 heteroatoms. The van der Waals surface area contributed by atoms with Gasteiger partial charge in [-0.1, -0.05) is 6.07 Å². The van der Waals surface area contributed by atoms with Gasteiger partial charge in [0.2, 0.25) is 0 Å². The number of benzene rings is 1. The first-order valence-corrected chi connectivity index (χ1v) is 7.12. The summed E-state index contributed by atoms with van der Waals surface area (Å²) in [5.74, 6) is 0. The highest BCUT2D eigenvalue weighted by Gasteiger charge is 2.09. The minimum Gasteiger partial charge on any atom is -0.385 e. The van der Waals surface area contributed by atoms with Crippen LogP contribution in [0, 0.1) is 13.8 Å². The van der Waals surface area contributed by atoms with E-state index in [0.29, 0.717) is 0 Å². The van der Waals surface area contributed by atoms with Crippen molar-refractivity contribution in [2.45, 2.75) is 26.7 Å². The minimum atomic E-state index is 0.973. The van der Waals surface area contributed by atoms with Crippen molar-refractivity contribution in [3.63, 3.8) is 0 Å². The summed E-state index contributed by atoms with van der Waals surface area (Å²) < 4.78 is 0. The first-order valence-electron chi connectivity index (χ1n) is 6.30. The summed E-state index contributed by atoms with van der Waals surface area (Å²) in [6, 6.07) is 6.52. The second kappa shape index (κ2) is 4.61. The summed E-state index contributed by atoms with van der Waals surface area (Å²) in [4.78, 5) is 5.78. The lowest BCUT2D eigenvalue weighted by Gasteiger charge is -2.18. The maximum Gasteiger partial charge on any atom is 0.187 e. The number of thiazole rings is 1. The second-order valence-corrected chi connectivity index (χ2v) is 5.89. The molecule has 18 heavy (non-hydrogen) atoms. The van der Waals surface area contributed by atoms with Gasteiger partial charge in [0.1, 0.15) is 0 Å². The molecule has 1 aromatic heterocycles. The maximum atomic E-state index is 4.50. The Balaban J connectivity index is 1.84. The highest BCUT2D eigenvalue weighted by molar-refractivity contribution is 7.15. The standard InChI is InChI=1S/C14H17N3S/c1-9-10(2)18-14(16-9)17-12-6-5-11-4-3-7-15-13(11)8-12/h5-6,8,15H,3-4,7H2,1-2H3,(H,16,17). The second-order valence-electron chi connectivity index (χ2n) is 4.69. The summed E-state index contributed by atoms with van der Waals surface area (Å²) in [5.41, 5.74) is 4.89. The highest BCUT2D eigenvalue weighted by atomic mass is 32.1. The van der Waals surface area contributed by atoms with E-state index in [9.17, 15) is 0 Å². The van der Waals surface area contributed by atoms with Gasteiger partial charge in [0.15, 0.2) is 5.13 Å². The van der Waals surface area contributed by atoms with Gasteiger partial charge in [-0.3, -0.25) is 0 Å². The Labute approximate surface area is 111 Å². The van der Waals surface area contributed by atoms with Gasteiger partial charge in [-0.2, -0.15) is 0 Å². The number of aromatic nitrogens is 1. The van der Waals surface area contributed by atoms with E-state index in [1.165, 1.54) is 29.0 Å². The fraction of sp³-hybridized carbons (Fsp3) is 0.357. The number of fused-ring (bicyclic) bond motifs is 1. The van der Waals surface area contributed by atoms with Crippen molar-refractivity contribution in [2.24, 2.45) is 0 Å². The molecular weight excluding hydrogens is 242 g/mol. The van der Waals surface area contributed by atoms with E-state index in [0.717, 1.165) is 23.1 Å². The summed E-state index contributed by atoms with van der Waals surface area (Å²) in [5, 5.41) is 7.80. The van der Waals surface area contributed by atoms with Crippen molar-refractivity contribution in [1.29, 1.82) is 0 Å². The fourth-order valence-electron chi connectivity index (χ4n) is 2.19. The molecule has 0 bridgehead atoms. The highest BCUT2D eigenvalue weighted by Crippen LogP contribution is 2.29. The molecule has 0 atom stereocenters. The molecule has 3 rings (SSSR count). The van der Waals surface area contributed by atoms with Gasteiger partial charge in [-0.25, -0.2) is 4.98 Å². The predicted octanol–water partition coefficient (Wildman–Crippen LogP) is 3.86. The Morgan fingerprint density at radius 3 is 3.00 bits per heavy atom. The van der Waals surface area contributed by atoms with Gasteiger partial charge in [-0.05, 0) is 44.4 Å². The molecular formula is C14H17N3S. The van der Waals surface area contributed by atoms with E-state index in [-0.39, 0.29) is 0 Å². The molecule has 94 valence electrons. The van der Waals surface area contributed by atoms with Gasteiger partial charge in [0.05, 0.1) is 5.69 Å². The average Bonchev–Trinajstić information content (AvgIpc) is 2.68. The Morgan fingerprint density at radius 1 is 1.33 bits per heavy atom. The Morgan fingerprint density at radius 2 is 2.22 bits per heavy atom. The lowest BCUT2D eigenvalue weighted by molar-refractivity contribution is 0.830. The average molecular weight is 259 g/mol. The van der Waals surface area contributed by atoms with Crippen molar-refractivity contribution < 1.29 is 0 Å². The van der Waals surface area contributed by atoms with E-state index in [2.05, 4.69) is 40.7 Å². The zero-order valence-electron chi connectivity index (χ0n) is 10.7. The van der Waals surface area contributed by atoms with Crippen LogP contribution in [0.1, 0.15) is 22.6 Å². The molecule has 1 aromatic carbocycles. The number of anilines is 3. The van der Waals surface area contributed by atoms with Crippen molar-refractivity contribution in [1.82, 2.24) is 4.98 Å². The first-order chi connectivity index (χ1) is 8.72. The van der Waals surface area contributed by atoms with E-state index < -0.39 is 0 Å². The summed E-state index contributed by atoms with van der Waals surface area (Å²) in [6.07, 6.45) is 2.41. The molecule has 2 aromatic rings. The number of rotatable bonds is 2. The van der Waals surface area contributed by atoms with Gasteiger partial charge < -0.3 is 10.6 Å². The third-order valence-electron chi connectivity index (χ3n) is 3.33. The van der Waals surface area contributed by atoms with Gasteiger partial charge in [0.25, 0.3) is 0 Å². The van der Waals surface area contributed by atoms with E-state index in [1.54, 1.807) is 11.3 Å². The zero-order valence-corrected chi connectivity index (χ0v) is 11.5. The first kappa shape index (κ1) is 11.5. The SMILES string of the molecule is Cc1nc(Nc2ccc3c(c2)NCCC3)sc1C. The topological polar surface area (TPSA) is 37.0 Å². The van der Waals surface area contributed by atoms with Gasteiger partial charge >= 0.3 is 0 Å². The van der Waals surface area contributed by atoms with Crippen LogP contribution in [0.25, 0.3) is 0 Å². The fourth-order valence-corrected chi connectivity index (χ4v) is 3.02. The molecule has 1 aliphatic heterocycles. The van der Waals surface area contributed by atoms with Crippen LogP contribution >= 0.6 is 11.3 Å². The van der Waals surface area contributed by atoms with Crippen LogP contribution in [0.2, 0.25) is 0 Å². The Hall–Kier alpha value is -1.55. The third-order valence-corrected chi connectivity index (χ3v) is 4.32. The zero-order chi connectivity index (χ0) is 12.5. The van der Waals surface area contributed by atoms with Crippen LogP contribution in [0.3, 0.4) is 0 Å². The third kappa shape index (κ3) is 2.20. The molecule has 0 amide bonds. The lowest BCUT2D eigenvalue weighted by atomic mass is 10.0. The number of hydrogen-bond acceptors (Lipinski definition) is 4. The van der Waals surface area contributed by atoms with Crippen molar-refractivity contribution in [2.75, 3.05) is 17.2 Å². The quantitative estimate of drug-likeness (QED) is 0.860. The molecule has 0 saturated heterocycles. The van der Waals surface area contributed by atoms with E-state index in [4.69, 9.17) is 0 Å².